The van der Waals surface area contributed by atoms with Crippen molar-refractivity contribution in [2.45, 2.75) is 39.7 Å². The lowest BCUT2D eigenvalue weighted by atomic mass is 10.2. The second-order valence-electron chi connectivity index (χ2n) is 4.81. The average molecular weight is 289 g/mol. The Morgan fingerprint density at radius 2 is 2.24 bits per heavy atom. The van der Waals surface area contributed by atoms with Crippen LogP contribution in [0.5, 0.6) is 0 Å². The summed E-state index contributed by atoms with van der Waals surface area (Å²) in [6.07, 6.45) is 6.32. The van der Waals surface area contributed by atoms with Gasteiger partial charge >= 0.3 is 0 Å². The van der Waals surface area contributed by atoms with Crippen LogP contribution in [0.3, 0.4) is 0 Å². The van der Waals surface area contributed by atoms with E-state index in [-0.39, 0.29) is 18.0 Å². The lowest BCUT2D eigenvalue weighted by molar-refractivity contribution is -0.117. The van der Waals surface area contributed by atoms with Gasteiger partial charge in [0.25, 0.3) is 5.91 Å². The van der Waals surface area contributed by atoms with Crippen molar-refractivity contribution < 1.29 is 9.21 Å². The van der Waals surface area contributed by atoms with Crippen molar-refractivity contribution in [3.8, 4) is 6.07 Å². The summed E-state index contributed by atoms with van der Waals surface area (Å²) in [6, 6.07) is 5.51. The monoisotopic (exact) mass is 289 g/mol. The number of amides is 1. The summed E-state index contributed by atoms with van der Waals surface area (Å²) in [5.74, 6) is 0.295. The predicted molar refractivity (Wildman–Crippen MR) is 81.0 cm³/mol. The van der Waals surface area contributed by atoms with Gasteiger partial charge in [-0.15, -0.1) is 0 Å². The molecule has 5 heteroatoms. The Hall–Kier alpha value is -2.22. The third-order valence-corrected chi connectivity index (χ3v) is 2.99. The van der Waals surface area contributed by atoms with Gasteiger partial charge < -0.3 is 14.6 Å². The van der Waals surface area contributed by atoms with Crippen LogP contribution < -0.4 is 5.32 Å². The van der Waals surface area contributed by atoms with Crippen LogP contribution in [-0.2, 0) is 11.3 Å². The molecule has 1 aromatic heterocycles. The number of furan rings is 1. The van der Waals surface area contributed by atoms with Crippen molar-refractivity contribution in [2.24, 2.45) is 0 Å². The van der Waals surface area contributed by atoms with E-state index < -0.39 is 0 Å². The molecule has 0 spiro atoms. The molecule has 0 aliphatic carbocycles. The van der Waals surface area contributed by atoms with Gasteiger partial charge in [0.05, 0.1) is 12.8 Å². The lowest BCUT2D eigenvalue weighted by Crippen LogP contribution is -2.27. The number of hydrogen-bond acceptors (Lipinski definition) is 4. The molecule has 1 heterocycles. The highest BCUT2D eigenvalue weighted by Crippen LogP contribution is 2.04. The van der Waals surface area contributed by atoms with Crippen LogP contribution in [0.1, 0.15) is 38.9 Å². The zero-order valence-electron chi connectivity index (χ0n) is 12.8. The SMILES string of the molecule is CCCCN(/C=C(/C#N)C(=O)NCc1ccco1)CCC. The molecule has 114 valence electrons. The maximum Gasteiger partial charge on any atom is 0.263 e. The third-order valence-electron chi connectivity index (χ3n) is 2.99. The molecule has 1 amide bonds. The molecular weight excluding hydrogens is 266 g/mol. The number of hydrogen-bond donors (Lipinski definition) is 1. The first-order chi connectivity index (χ1) is 10.2. The number of unbranched alkanes of at least 4 members (excludes halogenated alkanes) is 1. The minimum Gasteiger partial charge on any atom is -0.467 e. The van der Waals surface area contributed by atoms with Crippen molar-refractivity contribution in [3.05, 3.63) is 35.9 Å². The van der Waals surface area contributed by atoms with Crippen molar-refractivity contribution in [2.75, 3.05) is 13.1 Å². The molecule has 0 radical (unpaired) electrons. The van der Waals surface area contributed by atoms with E-state index >= 15 is 0 Å². The topological polar surface area (TPSA) is 69.3 Å². The highest BCUT2D eigenvalue weighted by atomic mass is 16.3. The van der Waals surface area contributed by atoms with E-state index in [1.165, 1.54) is 0 Å². The molecule has 0 bridgehead atoms. The number of nitrogens with one attached hydrogen (secondary N) is 1. The third kappa shape index (κ3) is 6.17. The number of nitrogens with zero attached hydrogens (tertiary/aromatic N) is 2. The number of rotatable bonds is 9. The molecule has 0 saturated heterocycles. The van der Waals surface area contributed by atoms with Gasteiger partial charge in [-0.25, -0.2) is 0 Å². The van der Waals surface area contributed by atoms with Crippen molar-refractivity contribution in [3.63, 3.8) is 0 Å². The van der Waals surface area contributed by atoms with Gasteiger partial charge in [-0.1, -0.05) is 20.3 Å². The van der Waals surface area contributed by atoms with E-state index in [2.05, 4.69) is 19.2 Å². The Labute approximate surface area is 126 Å². The maximum atomic E-state index is 12.0. The van der Waals surface area contributed by atoms with Crippen LogP contribution in [0, 0.1) is 11.3 Å². The normalized spacial score (nSPS) is 11.0. The molecule has 1 rings (SSSR count). The molecule has 0 fully saturated rings. The maximum absolute atomic E-state index is 12.0. The second-order valence-corrected chi connectivity index (χ2v) is 4.81. The minimum absolute atomic E-state index is 0.131. The van der Waals surface area contributed by atoms with Crippen LogP contribution in [0.2, 0.25) is 0 Å². The molecule has 0 aliphatic heterocycles. The fraction of sp³-hybridized carbons (Fsp3) is 0.500. The summed E-state index contributed by atoms with van der Waals surface area (Å²) in [6.45, 7) is 6.19. The summed E-state index contributed by atoms with van der Waals surface area (Å²) in [5.41, 5.74) is 0.131. The number of carbonyl (C=O) groups excluding carboxylic acids is 1. The van der Waals surface area contributed by atoms with Crippen molar-refractivity contribution >= 4 is 5.91 Å². The van der Waals surface area contributed by atoms with Gasteiger partial charge in [-0.3, -0.25) is 4.79 Å². The van der Waals surface area contributed by atoms with Gasteiger partial charge in [0.1, 0.15) is 17.4 Å². The molecule has 1 N–H and O–H groups in total. The first kappa shape index (κ1) is 16.8. The molecule has 0 aromatic carbocycles. The van der Waals surface area contributed by atoms with Crippen LogP contribution in [0.25, 0.3) is 0 Å². The first-order valence-corrected chi connectivity index (χ1v) is 7.37. The molecule has 5 nitrogen and oxygen atoms in total. The Bertz CT molecular complexity index is 486. The Morgan fingerprint density at radius 3 is 2.81 bits per heavy atom. The smallest absolute Gasteiger partial charge is 0.263 e. The van der Waals surface area contributed by atoms with E-state index in [0.717, 1.165) is 32.4 Å². The summed E-state index contributed by atoms with van der Waals surface area (Å²) in [5, 5.41) is 11.9. The van der Waals surface area contributed by atoms with Gasteiger partial charge in [0, 0.05) is 19.3 Å². The second kappa shape index (κ2) is 9.65. The summed E-state index contributed by atoms with van der Waals surface area (Å²) >= 11 is 0. The molecule has 0 saturated carbocycles. The number of carbonyl (C=O) groups is 1. The van der Waals surface area contributed by atoms with Crippen LogP contribution in [0.15, 0.2) is 34.6 Å². The summed E-state index contributed by atoms with van der Waals surface area (Å²) in [4.78, 5) is 14.0. The molecule has 0 unspecified atom stereocenters. The first-order valence-electron chi connectivity index (χ1n) is 7.37. The quantitative estimate of drug-likeness (QED) is 0.560. The van der Waals surface area contributed by atoms with E-state index in [4.69, 9.17) is 9.68 Å². The highest BCUT2D eigenvalue weighted by Gasteiger charge is 2.11. The van der Waals surface area contributed by atoms with Crippen LogP contribution >= 0.6 is 0 Å². The lowest BCUT2D eigenvalue weighted by Gasteiger charge is -2.19. The Balaban J connectivity index is 2.62. The number of nitriles is 1. The zero-order valence-corrected chi connectivity index (χ0v) is 12.8. The van der Waals surface area contributed by atoms with E-state index in [1.54, 1.807) is 24.6 Å². The van der Waals surface area contributed by atoms with Gasteiger partial charge in [-0.05, 0) is 25.0 Å². The van der Waals surface area contributed by atoms with Gasteiger partial charge in [0.2, 0.25) is 0 Å². The highest BCUT2D eigenvalue weighted by molar-refractivity contribution is 5.97. The predicted octanol–water partition coefficient (Wildman–Crippen LogP) is 2.82. The minimum atomic E-state index is -0.369. The summed E-state index contributed by atoms with van der Waals surface area (Å²) < 4.78 is 5.14. The molecular formula is C16H23N3O2. The molecule has 21 heavy (non-hydrogen) atoms. The average Bonchev–Trinajstić information content (AvgIpc) is 3.01. The molecule has 0 aliphatic rings. The van der Waals surface area contributed by atoms with Crippen LogP contribution in [0.4, 0.5) is 0 Å². The van der Waals surface area contributed by atoms with E-state index in [9.17, 15) is 4.79 Å². The van der Waals surface area contributed by atoms with Gasteiger partial charge in [0.15, 0.2) is 0 Å². The Morgan fingerprint density at radius 1 is 1.43 bits per heavy atom. The van der Waals surface area contributed by atoms with Crippen molar-refractivity contribution in [1.29, 1.82) is 5.26 Å². The largest absolute Gasteiger partial charge is 0.467 e. The summed E-state index contributed by atoms with van der Waals surface area (Å²) in [7, 11) is 0. The fourth-order valence-corrected chi connectivity index (χ4v) is 1.89. The van der Waals surface area contributed by atoms with Crippen LogP contribution in [-0.4, -0.2) is 23.9 Å². The fourth-order valence-electron chi connectivity index (χ4n) is 1.89. The Kier molecular flexibility index (Phi) is 7.73. The standard InChI is InChI=1S/C16H23N3O2/c1-3-5-9-19(8-4-2)13-14(11-17)16(20)18-12-15-7-6-10-21-15/h6-7,10,13H,3-5,8-9,12H2,1-2H3,(H,18,20)/b14-13-. The molecule has 0 atom stereocenters. The van der Waals surface area contributed by atoms with Gasteiger partial charge in [-0.2, -0.15) is 5.26 Å². The van der Waals surface area contributed by atoms with Crippen molar-refractivity contribution in [1.82, 2.24) is 10.2 Å². The zero-order chi connectivity index (χ0) is 15.5. The van der Waals surface area contributed by atoms with E-state index in [0.29, 0.717) is 5.76 Å². The van der Waals surface area contributed by atoms with E-state index in [1.807, 2.05) is 11.0 Å². The molecule has 1 aromatic rings.